The zero-order valence-corrected chi connectivity index (χ0v) is 30.2. The van der Waals surface area contributed by atoms with Crippen molar-refractivity contribution in [3.8, 4) is 17.1 Å². The van der Waals surface area contributed by atoms with Crippen molar-refractivity contribution in [2.75, 3.05) is 24.3 Å². The summed E-state index contributed by atoms with van der Waals surface area (Å²) in [5.74, 6) is -0.656. The van der Waals surface area contributed by atoms with Gasteiger partial charge in [-0.3, -0.25) is 9.82 Å². The smallest absolute Gasteiger partial charge is 0.341 e. The van der Waals surface area contributed by atoms with Gasteiger partial charge in [-0.05, 0) is 99.2 Å². The van der Waals surface area contributed by atoms with E-state index in [2.05, 4.69) is 65.2 Å². The van der Waals surface area contributed by atoms with E-state index in [0.29, 0.717) is 5.69 Å². The third-order valence-electron chi connectivity index (χ3n) is 9.66. The first-order valence-corrected chi connectivity index (χ1v) is 17.6. The third-order valence-corrected chi connectivity index (χ3v) is 10.4. The lowest BCUT2D eigenvalue weighted by molar-refractivity contribution is 0.0585. The third kappa shape index (κ3) is 6.69. The van der Waals surface area contributed by atoms with Crippen molar-refractivity contribution in [3.05, 3.63) is 87.6 Å². The summed E-state index contributed by atoms with van der Waals surface area (Å²) in [6, 6.07) is 13.8. The van der Waals surface area contributed by atoms with Gasteiger partial charge in [0.05, 0.1) is 19.8 Å². The van der Waals surface area contributed by atoms with E-state index in [4.69, 9.17) is 13.7 Å². The number of aromatic amines is 1. The van der Waals surface area contributed by atoms with Crippen molar-refractivity contribution >= 4 is 45.9 Å². The van der Waals surface area contributed by atoms with E-state index in [-0.39, 0.29) is 22.3 Å². The van der Waals surface area contributed by atoms with E-state index in [9.17, 15) is 13.8 Å². The maximum atomic E-state index is 13.0. The Labute approximate surface area is 293 Å². The lowest BCUT2D eigenvalue weighted by atomic mass is 9.73. The summed E-state index contributed by atoms with van der Waals surface area (Å²) in [5.41, 5.74) is 9.74. The number of hydrogen-bond acceptors (Lipinski definition) is 9. The van der Waals surface area contributed by atoms with E-state index >= 15 is 0 Å². The molecule has 1 aliphatic carbocycles. The van der Waals surface area contributed by atoms with Crippen LogP contribution in [0, 0.1) is 27.7 Å². The fraction of sp³-hybridized carbons (Fsp3) is 0.351. The lowest BCUT2D eigenvalue weighted by Gasteiger charge is -2.32. The maximum Gasteiger partial charge on any atom is 0.341 e. The molecule has 0 saturated heterocycles. The Morgan fingerprint density at radius 3 is 2.32 bits per heavy atom. The van der Waals surface area contributed by atoms with Crippen molar-refractivity contribution in [1.29, 1.82) is 0 Å². The average molecular weight is 699 g/mol. The highest BCUT2D eigenvalue weighted by molar-refractivity contribution is 7.82. The SMILES string of the molecule is COC(=O)c1ccc(C(=O)OC)c(OS(=O)Nc2ccc(Nc3c(C)cc(C)c(-c4nnc5cc(C6(C)CCCCC6)[nH]n45)c3C)c(C)c2)c1. The minimum absolute atomic E-state index is 0.0105. The van der Waals surface area contributed by atoms with Crippen molar-refractivity contribution in [3.63, 3.8) is 0 Å². The second kappa shape index (κ2) is 14.0. The monoisotopic (exact) mass is 698 g/mol. The second-order valence-corrected chi connectivity index (χ2v) is 14.0. The summed E-state index contributed by atoms with van der Waals surface area (Å²) >= 11 is -2.12. The van der Waals surface area contributed by atoms with Gasteiger partial charge in [0.25, 0.3) is 0 Å². The van der Waals surface area contributed by atoms with Crippen LogP contribution in [0.3, 0.4) is 0 Å². The summed E-state index contributed by atoms with van der Waals surface area (Å²) < 4.78 is 33.0. The Balaban J connectivity index is 1.23. The van der Waals surface area contributed by atoms with Crippen LogP contribution in [0.2, 0.25) is 0 Å². The highest BCUT2D eigenvalue weighted by atomic mass is 32.2. The summed E-state index contributed by atoms with van der Waals surface area (Å²) in [5, 5.41) is 16.4. The Bertz CT molecular complexity index is 2130. The molecule has 5 aromatic rings. The first-order chi connectivity index (χ1) is 23.9. The van der Waals surface area contributed by atoms with Crippen LogP contribution in [0.5, 0.6) is 5.75 Å². The summed E-state index contributed by atoms with van der Waals surface area (Å²) in [6.45, 7) is 10.6. The predicted octanol–water partition coefficient (Wildman–Crippen LogP) is 7.57. The van der Waals surface area contributed by atoms with Gasteiger partial charge in [0, 0.05) is 39.8 Å². The van der Waals surface area contributed by atoms with E-state index in [1.165, 1.54) is 57.4 Å². The molecule has 0 aliphatic heterocycles. The molecule has 13 heteroatoms. The number of aryl methyl sites for hydroxylation is 3. The number of aromatic nitrogens is 4. The van der Waals surface area contributed by atoms with Crippen LogP contribution in [0.25, 0.3) is 17.0 Å². The van der Waals surface area contributed by atoms with Crippen LogP contribution in [-0.4, -0.2) is 50.2 Å². The Morgan fingerprint density at radius 2 is 1.62 bits per heavy atom. The number of nitrogens with zero attached hydrogens (tertiary/aromatic N) is 3. The number of fused-ring (bicyclic) bond motifs is 1. The largest absolute Gasteiger partial charge is 0.465 e. The van der Waals surface area contributed by atoms with E-state index in [1.807, 2.05) is 23.6 Å². The van der Waals surface area contributed by atoms with Gasteiger partial charge >= 0.3 is 23.2 Å². The number of rotatable bonds is 10. The molecule has 50 heavy (non-hydrogen) atoms. The topological polar surface area (TPSA) is 149 Å². The number of benzene rings is 3. The van der Waals surface area contributed by atoms with Gasteiger partial charge in [0.1, 0.15) is 5.56 Å². The molecule has 0 bridgehead atoms. The van der Waals surface area contributed by atoms with E-state index in [0.717, 1.165) is 63.5 Å². The highest BCUT2D eigenvalue weighted by Crippen LogP contribution is 2.40. The zero-order valence-electron chi connectivity index (χ0n) is 29.4. The first kappa shape index (κ1) is 34.7. The number of esters is 2. The molecule has 1 saturated carbocycles. The number of methoxy groups -OCH3 is 2. The first-order valence-electron chi connectivity index (χ1n) is 16.5. The van der Waals surface area contributed by atoms with Crippen LogP contribution in [0.15, 0.2) is 48.5 Å². The van der Waals surface area contributed by atoms with Gasteiger partial charge in [0.15, 0.2) is 17.2 Å². The number of nitrogens with one attached hydrogen (secondary N) is 3. The van der Waals surface area contributed by atoms with Crippen LogP contribution >= 0.6 is 0 Å². The quantitative estimate of drug-likeness (QED) is 0.126. The molecule has 1 fully saturated rings. The Hall–Kier alpha value is -5.17. The van der Waals surface area contributed by atoms with Gasteiger partial charge in [-0.15, -0.1) is 10.2 Å². The summed E-state index contributed by atoms with van der Waals surface area (Å²) in [7, 11) is 2.46. The van der Waals surface area contributed by atoms with E-state index in [1.54, 1.807) is 6.07 Å². The number of carbonyl (C=O) groups is 2. The minimum Gasteiger partial charge on any atom is -0.465 e. The van der Waals surface area contributed by atoms with Crippen molar-refractivity contribution in [2.24, 2.45) is 0 Å². The Morgan fingerprint density at radius 1 is 0.880 bits per heavy atom. The normalized spacial score (nSPS) is 14.6. The van der Waals surface area contributed by atoms with Crippen molar-refractivity contribution < 1.29 is 27.5 Å². The predicted molar refractivity (Wildman–Crippen MR) is 193 cm³/mol. The molecule has 12 nitrogen and oxygen atoms in total. The second-order valence-electron chi connectivity index (χ2n) is 13.2. The molecule has 6 rings (SSSR count). The molecule has 1 aliphatic rings. The molecule has 3 aromatic carbocycles. The molecular formula is C37H42N6O6S. The fourth-order valence-corrected chi connectivity index (χ4v) is 7.55. The summed E-state index contributed by atoms with van der Waals surface area (Å²) in [4.78, 5) is 24.3. The molecule has 0 amide bonds. The summed E-state index contributed by atoms with van der Waals surface area (Å²) in [6.07, 6.45) is 6.09. The number of carbonyl (C=O) groups excluding carboxylic acids is 2. The van der Waals surface area contributed by atoms with Gasteiger partial charge < -0.3 is 19.0 Å². The molecule has 262 valence electrons. The number of H-pyrrole nitrogens is 1. The van der Waals surface area contributed by atoms with Gasteiger partial charge in [-0.2, -0.15) is 4.21 Å². The van der Waals surface area contributed by atoms with Crippen LogP contribution < -0.4 is 14.2 Å². The number of anilines is 3. The molecule has 0 radical (unpaired) electrons. The maximum absolute atomic E-state index is 13.0. The highest BCUT2D eigenvalue weighted by Gasteiger charge is 2.31. The van der Waals surface area contributed by atoms with Gasteiger partial charge in [-0.1, -0.05) is 32.3 Å². The van der Waals surface area contributed by atoms with E-state index < -0.39 is 23.2 Å². The molecule has 1 unspecified atom stereocenters. The van der Waals surface area contributed by atoms with Crippen molar-refractivity contribution in [2.45, 2.75) is 72.1 Å². The fourth-order valence-electron chi connectivity index (χ4n) is 6.89. The molecule has 2 heterocycles. The number of hydrogen-bond donors (Lipinski definition) is 3. The Kier molecular flexibility index (Phi) is 9.70. The zero-order chi connectivity index (χ0) is 35.7. The van der Waals surface area contributed by atoms with Crippen LogP contribution in [0.1, 0.15) is 87.7 Å². The van der Waals surface area contributed by atoms with Gasteiger partial charge in [-0.25, -0.2) is 14.1 Å². The van der Waals surface area contributed by atoms with Crippen LogP contribution in [0.4, 0.5) is 17.1 Å². The number of ether oxygens (including phenoxy) is 2. The van der Waals surface area contributed by atoms with Crippen LogP contribution in [-0.2, 0) is 26.2 Å². The van der Waals surface area contributed by atoms with Crippen molar-refractivity contribution in [1.82, 2.24) is 19.8 Å². The standard InChI is InChI=1S/C37H42N6O6S/c1-21-18-26(42-50(46)49-29-19-25(35(44)47-6)11-13-27(29)36(45)48-7)12-14-28(21)38-33-23(3)17-22(2)32(24(33)4)34-40-39-31-20-30(41-43(31)34)37(5)15-9-8-10-16-37/h11-14,17-20,38,41-42H,8-10,15-16H2,1-7H3. The lowest BCUT2D eigenvalue weighted by Crippen LogP contribution is -2.25. The molecule has 2 aromatic heterocycles. The average Bonchev–Trinajstić information content (AvgIpc) is 3.70. The molecule has 3 N–H and O–H groups in total. The van der Waals surface area contributed by atoms with Gasteiger partial charge in [0.2, 0.25) is 0 Å². The molecule has 1 atom stereocenters. The molecule has 0 spiro atoms. The molecular weight excluding hydrogens is 657 g/mol. The minimum atomic E-state index is -2.12.